The Morgan fingerprint density at radius 1 is 0.974 bits per heavy atom. The van der Waals surface area contributed by atoms with E-state index in [2.05, 4.69) is 5.32 Å². The zero-order chi connectivity index (χ0) is 28.0. The number of hydrogen-bond donors (Lipinski definition) is 1. The van der Waals surface area contributed by atoms with E-state index in [1.807, 2.05) is 13.0 Å². The SMILES string of the molecule is Cc1ccc(S(=O)(=O)N(CC(=O)N(Cc2cccc(Cl)c2)[C@@H](C)C(=O)NC2CCCC2)c2ccccc2)cc1. The van der Waals surface area contributed by atoms with Crippen LogP contribution in [0.25, 0.3) is 0 Å². The third-order valence-electron chi connectivity index (χ3n) is 7.04. The van der Waals surface area contributed by atoms with Crippen LogP contribution in [-0.4, -0.2) is 43.8 Å². The third-order valence-corrected chi connectivity index (χ3v) is 9.07. The molecule has 1 saturated carbocycles. The summed E-state index contributed by atoms with van der Waals surface area (Å²) in [6.07, 6.45) is 3.95. The lowest BCUT2D eigenvalue weighted by Gasteiger charge is -2.32. The molecule has 1 fully saturated rings. The van der Waals surface area contributed by atoms with E-state index in [0.29, 0.717) is 10.7 Å². The Morgan fingerprint density at radius 3 is 2.28 bits per heavy atom. The number of aryl methyl sites for hydroxylation is 1. The van der Waals surface area contributed by atoms with Crippen LogP contribution in [0.3, 0.4) is 0 Å². The first-order chi connectivity index (χ1) is 18.6. The van der Waals surface area contributed by atoms with Crippen LogP contribution < -0.4 is 9.62 Å². The molecule has 0 bridgehead atoms. The summed E-state index contributed by atoms with van der Waals surface area (Å²) in [4.78, 5) is 28.7. The molecule has 1 aliphatic rings. The molecule has 0 aliphatic heterocycles. The van der Waals surface area contributed by atoms with Gasteiger partial charge in [0.15, 0.2) is 0 Å². The van der Waals surface area contributed by atoms with Crippen LogP contribution in [0.2, 0.25) is 5.02 Å². The van der Waals surface area contributed by atoms with E-state index in [9.17, 15) is 18.0 Å². The van der Waals surface area contributed by atoms with Crippen molar-refractivity contribution in [3.63, 3.8) is 0 Å². The van der Waals surface area contributed by atoms with Crippen molar-refractivity contribution in [3.05, 3.63) is 95.0 Å². The molecule has 206 valence electrons. The summed E-state index contributed by atoms with van der Waals surface area (Å²) in [5.41, 5.74) is 2.02. The monoisotopic (exact) mass is 567 g/mol. The smallest absolute Gasteiger partial charge is 0.264 e. The quantitative estimate of drug-likeness (QED) is 0.359. The van der Waals surface area contributed by atoms with Crippen molar-refractivity contribution in [2.75, 3.05) is 10.8 Å². The highest BCUT2D eigenvalue weighted by molar-refractivity contribution is 7.92. The number of rotatable bonds is 10. The fourth-order valence-electron chi connectivity index (χ4n) is 4.77. The summed E-state index contributed by atoms with van der Waals surface area (Å²) >= 11 is 6.20. The maximum Gasteiger partial charge on any atom is 0.264 e. The Balaban J connectivity index is 1.66. The summed E-state index contributed by atoms with van der Waals surface area (Å²) in [6, 6.07) is 21.4. The van der Waals surface area contributed by atoms with Crippen molar-refractivity contribution in [3.8, 4) is 0 Å². The maximum atomic E-state index is 13.9. The van der Waals surface area contributed by atoms with Crippen LogP contribution in [0.4, 0.5) is 5.69 Å². The molecule has 0 aromatic heterocycles. The molecule has 2 amide bonds. The van der Waals surface area contributed by atoms with Crippen LogP contribution in [0, 0.1) is 6.92 Å². The molecule has 0 radical (unpaired) electrons. The van der Waals surface area contributed by atoms with Gasteiger partial charge >= 0.3 is 0 Å². The zero-order valence-corrected chi connectivity index (χ0v) is 23.8. The number of hydrogen-bond acceptors (Lipinski definition) is 4. The molecule has 0 saturated heterocycles. The predicted octanol–water partition coefficient (Wildman–Crippen LogP) is 5.32. The minimum Gasteiger partial charge on any atom is -0.352 e. The van der Waals surface area contributed by atoms with Gasteiger partial charge in [-0.3, -0.25) is 13.9 Å². The summed E-state index contributed by atoms with van der Waals surface area (Å²) in [7, 11) is -4.08. The molecule has 1 N–H and O–H groups in total. The van der Waals surface area contributed by atoms with Gasteiger partial charge in [0.1, 0.15) is 12.6 Å². The predicted molar refractivity (Wildman–Crippen MR) is 154 cm³/mol. The third kappa shape index (κ3) is 7.19. The topological polar surface area (TPSA) is 86.8 Å². The Morgan fingerprint density at radius 2 is 1.64 bits per heavy atom. The summed E-state index contributed by atoms with van der Waals surface area (Å²) in [5, 5.41) is 3.58. The number of para-hydroxylation sites is 1. The molecule has 7 nitrogen and oxygen atoms in total. The standard InChI is InChI=1S/C30H34ClN3O4S/c1-22-15-17-28(18-16-22)39(37,38)34(27-13-4-3-5-14-27)21-29(35)33(20-24-9-8-10-25(31)19-24)23(2)30(36)32-26-11-6-7-12-26/h3-5,8-10,13-19,23,26H,6-7,11-12,20-21H2,1-2H3,(H,32,36)/t23-/m0/s1. The van der Waals surface area contributed by atoms with Crippen LogP contribution in [0.15, 0.2) is 83.8 Å². The van der Waals surface area contributed by atoms with Crippen LogP contribution in [0.5, 0.6) is 0 Å². The molecular weight excluding hydrogens is 534 g/mol. The number of halogens is 1. The molecule has 1 atom stereocenters. The molecule has 4 rings (SSSR count). The molecule has 3 aromatic rings. The molecule has 0 heterocycles. The van der Waals surface area contributed by atoms with Crippen molar-refractivity contribution in [2.24, 2.45) is 0 Å². The minimum atomic E-state index is -4.08. The number of nitrogens with zero attached hydrogens (tertiary/aromatic N) is 2. The Labute approximate surface area is 235 Å². The Kier molecular flexibility index (Phi) is 9.30. The van der Waals surface area contributed by atoms with Gasteiger partial charge < -0.3 is 10.2 Å². The van der Waals surface area contributed by atoms with E-state index < -0.39 is 28.5 Å². The molecule has 1 aliphatic carbocycles. The second-order valence-electron chi connectivity index (χ2n) is 9.98. The lowest BCUT2D eigenvalue weighted by atomic mass is 10.1. The van der Waals surface area contributed by atoms with Crippen LogP contribution in [-0.2, 0) is 26.2 Å². The van der Waals surface area contributed by atoms with Gasteiger partial charge in [0.2, 0.25) is 11.8 Å². The number of carbonyl (C=O) groups is 2. The van der Waals surface area contributed by atoms with Gasteiger partial charge in [-0.05, 0) is 68.7 Å². The first-order valence-corrected chi connectivity index (χ1v) is 15.0. The molecule has 39 heavy (non-hydrogen) atoms. The van der Waals surface area contributed by atoms with Crippen molar-refractivity contribution >= 4 is 39.1 Å². The lowest BCUT2D eigenvalue weighted by molar-refractivity contribution is -0.139. The van der Waals surface area contributed by atoms with Gasteiger partial charge in [-0.1, -0.05) is 72.5 Å². The van der Waals surface area contributed by atoms with Gasteiger partial charge in [0, 0.05) is 17.6 Å². The molecule has 0 spiro atoms. The number of anilines is 1. The number of amides is 2. The molecule has 3 aromatic carbocycles. The number of benzene rings is 3. The summed E-state index contributed by atoms with van der Waals surface area (Å²) in [5.74, 6) is -0.756. The second-order valence-corrected chi connectivity index (χ2v) is 12.3. The summed E-state index contributed by atoms with van der Waals surface area (Å²) < 4.78 is 28.7. The Hall–Kier alpha value is -3.36. The zero-order valence-electron chi connectivity index (χ0n) is 22.2. The van der Waals surface area contributed by atoms with Gasteiger partial charge in [0.25, 0.3) is 10.0 Å². The van der Waals surface area contributed by atoms with Crippen LogP contribution >= 0.6 is 11.6 Å². The minimum absolute atomic E-state index is 0.0816. The number of nitrogens with one attached hydrogen (secondary N) is 1. The highest BCUT2D eigenvalue weighted by atomic mass is 35.5. The largest absolute Gasteiger partial charge is 0.352 e. The van der Waals surface area contributed by atoms with Crippen molar-refractivity contribution in [1.29, 1.82) is 0 Å². The normalized spacial score (nSPS) is 14.5. The Bertz CT molecular complexity index is 1390. The number of sulfonamides is 1. The summed E-state index contributed by atoms with van der Waals surface area (Å²) in [6.45, 7) is 3.18. The van der Waals surface area contributed by atoms with Gasteiger partial charge in [0.05, 0.1) is 10.6 Å². The van der Waals surface area contributed by atoms with Gasteiger partial charge in [-0.15, -0.1) is 0 Å². The highest BCUT2D eigenvalue weighted by Crippen LogP contribution is 2.25. The molecule has 9 heteroatoms. The van der Waals surface area contributed by atoms with Crippen molar-refractivity contribution in [1.82, 2.24) is 10.2 Å². The van der Waals surface area contributed by atoms with E-state index in [4.69, 9.17) is 11.6 Å². The van der Waals surface area contributed by atoms with Crippen LogP contribution in [0.1, 0.15) is 43.7 Å². The van der Waals surface area contributed by atoms with E-state index in [1.54, 1.807) is 67.6 Å². The fraction of sp³-hybridized carbons (Fsp3) is 0.333. The van der Waals surface area contributed by atoms with Crippen molar-refractivity contribution < 1.29 is 18.0 Å². The fourth-order valence-corrected chi connectivity index (χ4v) is 6.39. The van der Waals surface area contributed by atoms with Gasteiger partial charge in [-0.25, -0.2) is 8.42 Å². The highest BCUT2D eigenvalue weighted by Gasteiger charge is 2.33. The first kappa shape index (κ1) is 28.6. The van der Waals surface area contributed by atoms with E-state index in [-0.39, 0.29) is 23.4 Å². The molecular formula is C30H34ClN3O4S. The maximum absolute atomic E-state index is 13.9. The van der Waals surface area contributed by atoms with E-state index >= 15 is 0 Å². The average Bonchev–Trinajstić information content (AvgIpc) is 3.43. The lowest BCUT2D eigenvalue weighted by Crippen LogP contribution is -2.52. The average molecular weight is 568 g/mol. The van der Waals surface area contributed by atoms with Crippen molar-refractivity contribution in [2.45, 2.75) is 63.1 Å². The first-order valence-electron chi connectivity index (χ1n) is 13.1. The van der Waals surface area contributed by atoms with E-state index in [0.717, 1.165) is 41.1 Å². The van der Waals surface area contributed by atoms with Gasteiger partial charge in [-0.2, -0.15) is 0 Å². The number of carbonyl (C=O) groups excluding carboxylic acids is 2. The molecule has 0 unspecified atom stereocenters. The second kappa shape index (κ2) is 12.7. The van der Waals surface area contributed by atoms with E-state index in [1.165, 1.54) is 17.0 Å².